The molecule has 112 valence electrons. The number of nitrogen functional groups attached to an aromatic ring is 1. The van der Waals surface area contributed by atoms with Gasteiger partial charge in [-0.2, -0.15) is 0 Å². The van der Waals surface area contributed by atoms with Crippen molar-refractivity contribution in [3.05, 3.63) is 45.9 Å². The SMILES string of the molecule is CN(Cc1nc(C(C)(C)C)cs1)c1ccccc1C(=N)N. The van der Waals surface area contributed by atoms with E-state index in [1.165, 1.54) is 0 Å². The molecular formula is C16H22N4S. The number of anilines is 1. The van der Waals surface area contributed by atoms with Crippen LogP contribution in [-0.4, -0.2) is 17.9 Å². The molecule has 0 radical (unpaired) electrons. The summed E-state index contributed by atoms with van der Waals surface area (Å²) in [5, 5.41) is 10.9. The summed E-state index contributed by atoms with van der Waals surface area (Å²) in [6.07, 6.45) is 0. The largest absolute Gasteiger partial charge is 0.384 e. The van der Waals surface area contributed by atoms with E-state index in [0.717, 1.165) is 22.0 Å². The molecule has 0 saturated carbocycles. The van der Waals surface area contributed by atoms with Crippen LogP contribution >= 0.6 is 11.3 Å². The Morgan fingerprint density at radius 2 is 2.00 bits per heavy atom. The minimum absolute atomic E-state index is 0.0740. The number of aromatic nitrogens is 1. The van der Waals surface area contributed by atoms with Gasteiger partial charge in [0, 0.05) is 29.1 Å². The summed E-state index contributed by atoms with van der Waals surface area (Å²) in [6, 6.07) is 7.71. The summed E-state index contributed by atoms with van der Waals surface area (Å²) in [5.74, 6) is 0.0898. The van der Waals surface area contributed by atoms with Crippen molar-refractivity contribution in [1.29, 1.82) is 5.41 Å². The Morgan fingerprint density at radius 3 is 2.57 bits per heavy atom. The minimum atomic E-state index is 0.0740. The summed E-state index contributed by atoms with van der Waals surface area (Å²) in [6.45, 7) is 7.22. The number of rotatable bonds is 4. The Bertz CT molecular complexity index is 640. The van der Waals surface area contributed by atoms with Crippen molar-refractivity contribution in [2.75, 3.05) is 11.9 Å². The van der Waals surface area contributed by atoms with Gasteiger partial charge in [-0.3, -0.25) is 5.41 Å². The van der Waals surface area contributed by atoms with Gasteiger partial charge >= 0.3 is 0 Å². The molecule has 5 heteroatoms. The zero-order valence-electron chi connectivity index (χ0n) is 13.0. The Balaban J connectivity index is 2.21. The third kappa shape index (κ3) is 3.61. The maximum atomic E-state index is 7.67. The number of benzene rings is 1. The highest BCUT2D eigenvalue weighted by Crippen LogP contribution is 2.26. The fraction of sp³-hybridized carbons (Fsp3) is 0.375. The second-order valence-corrected chi connectivity index (χ2v) is 7.11. The van der Waals surface area contributed by atoms with Crippen molar-refractivity contribution in [3.63, 3.8) is 0 Å². The first-order valence-corrected chi connectivity index (χ1v) is 7.76. The number of thiazole rings is 1. The van der Waals surface area contributed by atoms with E-state index >= 15 is 0 Å². The molecule has 2 rings (SSSR count). The Hall–Kier alpha value is -1.88. The van der Waals surface area contributed by atoms with Crippen LogP contribution in [0.1, 0.15) is 37.0 Å². The Labute approximate surface area is 130 Å². The number of para-hydroxylation sites is 1. The molecular weight excluding hydrogens is 280 g/mol. The first kappa shape index (κ1) is 15.5. The zero-order chi connectivity index (χ0) is 15.6. The maximum absolute atomic E-state index is 7.67. The van der Waals surface area contributed by atoms with Gasteiger partial charge in [0.15, 0.2) is 0 Å². The van der Waals surface area contributed by atoms with Crippen LogP contribution < -0.4 is 10.6 Å². The normalized spacial score (nSPS) is 11.4. The van der Waals surface area contributed by atoms with Crippen LogP contribution in [0, 0.1) is 5.41 Å². The number of hydrogen-bond donors (Lipinski definition) is 2. The molecule has 0 bridgehead atoms. The van der Waals surface area contributed by atoms with Gasteiger partial charge in [0.2, 0.25) is 0 Å². The van der Waals surface area contributed by atoms with Gasteiger partial charge in [-0.15, -0.1) is 11.3 Å². The van der Waals surface area contributed by atoms with Crippen LogP contribution in [0.2, 0.25) is 0 Å². The molecule has 1 heterocycles. The third-order valence-electron chi connectivity index (χ3n) is 3.30. The number of nitrogens with two attached hydrogens (primary N) is 1. The summed E-state index contributed by atoms with van der Waals surface area (Å²) >= 11 is 1.68. The Morgan fingerprint density at radius 1 is 1.33 bits per heavy atom. The summed E-state index contributed by atoms with van der Waals surface area (Å²) < 4.78 is 0. The summed E-state index contributed by atoms with van der Waals surface area (Å²) in [5.41, 5.74) is 8.56. The first-order chi connectivity index (χ1) is 9.79. The van der Waals surface area contributed by atoms with Crippen molar-refractivity contribution in [2.45, 2.75) is 32.7 Å². The molecule has 0 atom stereocenters. The van der Waals surface area contributed by atoms with Crippen molar-refractivity contribution in [3.8, 4) is 0 Å². The van der Waals surface area contributed by atoms with E-state index in [9.17, 15) is 0 Å². The second kappa shape index (κ2) is 5.85. The van der Waals surface area contributed by atoms with Crippen molar-refractivity contribution in [2.24, 2.45) is 5.73 Å². The molecule has 0 unspecified atom stereocenters. The van der Waals surface area contributed by atoms with Gasteiger partial charge in [-0.1, -0.05) is 32.9 Å². The van der Waals surface area contributed by atoms with Gasteiger partial charge < -0.3 is 10.6 Å². The van der Waals surface area contributed by atoms with Crippen LogP contribution in [0.5, 0.6) is 0 Å². The predicted octanol–water partition coefficient (Wildman–Crippen LogP) is 3.36. The average molecular weight is 302 g/mol. The number of nitrogens with one attached hydrogen (secondary N) is 1. The predicted molar refractivity (Wildman–Crippen MR) is 90.4 cm³/mol. The van der Waals surface area contributed by atoms with E-state index < -0.39 is 0 Å². The number of nitrogens with zero attached hydrogens (tertiary/aromatic N) is 2. The van der Waals surface area contributed by atoms with Crippen LogP contribution in [0.25, 0.3) is 0 Å². The fourth-order valence-corrected chi connectivity index (χ4v) is 3.12. The number of amidine groups is 1. The van der Waals surface area contributed by atoms with E-state index in [4.69, 9.17) is 16.1 Å². The lowest BCUT2D eigenvalue weighted by atomic mass is 9.93. The van der Waals surface area contributed by atoms with Crippen LogP contribution in [0.4, 0.5) is 5.69 Å². The zero-order valence-corrected chi connectivity index (χ0v) is 13.8. The topological polar surface area (TPSA) is 66.0 Å². The average Bonchev–Trinajstić information content (AvgIpc) is 2.87. The van der Waals surface area contributed by atoms with Crippen molar-refractivity contribution >= 4 is 22.9 Å². The van der Waals surface area contributed by atoms with Crippen LogP contribution in [0.15, 0.2) is 29.6 Å². The molecule has 3 N–H and O–H groups in total. The first-order valence-electron chi connectivity index (χ1n) is 6.88. The van der Waals surface area contributed by atoms with Crippen LogP contribution in [0.3, 0.4) is 0 Å². The standard InChI is InChI=1S/C16H22N4S/c1-16(2,3)13-10-21-14(19-13)9-20(4)12-8-6-5-7-11(12)15(17)18/h5-8,10H,9H2,1-4H3,(H3,17,18). The molecule has 1 aromatic carbocycles. The quantitative estimate of drug-likeness (QED) is 0.672. The lowest BCUT2D eigenvalue weighted by molar-refractivity contribution is 0.570. The van der Waals surface area contributed by atoms with E-state index in [0.29, 0.717) is 6.54 Å². The lowest BCUT2D eigenvalue weighted by Gasteiger charge is -2.21. The second-order valence-electron chi connectivity index (χ2n) is 6.16. The van der Waals surface area contributed by atoms with Gasteiger partial charge in [0.1, 0.15) is 10.8 Å². The van der Waals surface area contributed by atoms with E-state index in [1.807, 2.05) is 31.3 Å². The molecule has 0 fully saturated rings. The van der Waals surface area contributed by atoms with Crippen LogP contribution in [-0.2, 0) is 12.0 Å². The molecule has 2 aromatic rings. The van der Waals surface area contributed by atoms with Gasteiger partial charge in [0.05, 0.1) is 12.2 Å². The lowest BCUT2D eigenvalue weighted by Crippen LogP contribution is -2.22. The highest BCUT2D eigenvalue weighted by Gasteiger charge is 2.18. The van der Waals surface area contributed by atoms with E-state index in [-0.39, 0.29) is 11.3 Å². The molecule has 1 aromatic heterocycles. The smallest absolute Gasteiger partial charge is 0.124 e. The summed E-state index contributed by atoms with van der Waals surface area (Å²) in [7, 11) is 2.00. The van der Waals surface area contributed by atoms with Crippen molar-refractivity contribution in [1.82, 2.24) is 4.98 Å². The molecule has 0 amide bonds. The fourth-order valence-electron chi connectivity index (χ4n) is 2.05. The van der Waals surface area contributed by atoms with Gasteiger partial charge in [-0.25, -0.2) is 4.98 Å². The molecule has 0 aliphatic rings. The minimum Gasteiger partial charge on any atom is -0.384 e. The maximum Gasteiger partial charge on any atom is 0.124 e. The van der Waals surface area contributed by atoms with Crippen molar-refractivity contribution < 1.29 is 0 Å². The molecule has 0 saturated heterocycles. The molecule has 0 spiro atoms. The molecule has 4 nitrogen and oxygen atoms in total. The van der Waals surface area contributed by atoms with Gasteiger partial charge in [0.25, 0.3) is 0 Å². The van der Waals surface area contributed by atoms with Gasteiger partial charge in [-0.05, 0) is 12.1 Å². The highest BCUT2D eigenvalue weighted by atomic mass is 32.1. The molecule has 0 aliphatic heterocycles. The summed E-state index contributed by atoms with van der Waals surface area (Å²) in [4.78, 5) is 6.80. The molecule has 21 heavy (non-hydrogen) atoms. The molecule has 0 aliphatic carbocycles. The monoisotopic (exact) mass is 302 g/mol. The van der Waals surface area contributed by atoms with E-state index in [2.05, 4.69) is 31.1 Å². The third-order valence-corrected chi connectivity index (χ3v) is 4.13. The number of hydrogen-bond acceptors (Lipinski definition) is 4. The highest BCUT2D eigenvalue weighted by molar-refractivity contribution is 7.09. The van der Waals surface area contributed by atoms with E-state index in [1.54, 1.807) is 11.3 Å². The Kier molecular flexibility index (Phi) is 4.32.